The van der Waals surface area contributed by atoms with Gasteiger partial charge >= 0.3 is 12.1 Å². The molecule has 0 bridgehead atoms. The van der Waals surface area contributed by atoms with E-state index in [1.807, 2.05) is 37.8 Å². The Labute approximate surface area is 188 Å². The number of hydrogen-bond acceptors (Lipinski definition) is 7. The topological polar surface area (TPSA) is 105 Å². The molecule has 1 saturated heterocycles. The van der Waals surface area contributed by atoms with Crippen LogP contribution in [0, 0.1) is 5.41 Å². The van der Waals surface area contributed by atoms with E-state index in [1.165, 1.54) is 18.5 Å². The molecule has 1 spiro atoms. The minimum Gasteiger partial charge on any atom is -0.460 e. The van der Waals surface area contributed by atoms with Crippen molar-refractivity contribution in [2.75, 3.05) is 18.4 Å². The molecule has 3 aliphatic rings. The van der Waals surface area contributed by atoms with Crippen LogP contribution in [0.15, 0.2) is 18.3 Å². The summed E-state index contributed by atoms with van der Waals surface area (Å²) in [6.45, 7) is 7.25. The molecule has 3 heterocycles. The maximum Gasteiger partial charge on any atom is 0.410 e. The standard InChI is InChI=1S/C23H32N6O3/c1-22(2,3)32-21(30)29-13-23(14-29)9-6-16(7-10-23)31-20-24-11-8-18(26-20)25-19-12-17(27-28-19)15-4-5-15/h8,11-12,15-16H,4-7,9-10,13-14H2,1-3H3,(H2,24,25,26,27,28). The lowest BCUT2D eigenvalue weighted by atomic mass is 9.68. The van der Waals surface area contributed by atoms with Gasteiger partial charge in [0.15, 0.2) is 5.82 Å². The second-order valence-corrected chi connectivity index (χ2v) is 10.5. The fourth-order valence-electron chi connectivity index (χ4n) is 4.61. The molecule has 32 heavy (non-hydrogen) atoms. The largest absolute Gasteiger partial charge is 0.460 e. The van der Waals surface area contributed by atoms with Crippen LogP contribution in [-0.2, 0) is 4.74 Å². The van der Waals surface area contributed by atoms with Gasteiger partial charge in [-0.15, -0.1) is 0 Å². The molecule has 9 heteroatoms. The molecule has 0 aromatic carbocycles. The van der Waals surface area contributed by atoms with E-state index >= 15 is 0 Å². The van der Waals surface area contributed by atoms with Gasteiger partial charge in [-0.1, -0.05) is 0 Å². The predicted octanol–water partition coefficient (Wildman–Crippen LogP) is 4.38. The molecular formula is C23H32N6O3. The molecule has 5 rings (SSSR count). The molecule has 172 valence electrons. The van der Waals surface area contributed by atoms with Gasteiger partial charge in [-0.05, 0) is 65.4 Å². The van der Waals surface area contributed by atoms with Crippen LogP contribution in [0.4, 0.5) is 16.4 Å². The number of H-pyrrole nitrogens is 1. The van der Waals surface area contributed by atoms with Gasteiger partial charge in [-0.2, -0.15) is 10.1 Å². The first-order valence-electron chi connectivity index (χ1n) is 11.6. The summed E-state index contributed by atoms with van der Waals surface area (Å²) >= 11 is 0. The molecule has 2 aromatic rings. The van der Waals surface area contributed by atoms with Crippen LogP contribution < -0.4 is 10.1 Å². The van der Waals surface area contributed by atoms with E-state index in [2.05, 4.69) is 25.5 Å². The average Bonchev–Trinajstić information content (AvgIpc) is 3.45. The number of carbonyl (C=O) groups excluding carboxylic acids is 1. The van der Waals surface area contributed by atoms with Crippen LogP contribution in [0.2, 0.25) is 0 Å². The van der Waals surface area contributed by atoms with Crippen molar-refractivity contribution in [2.45, 2.75) is 76.9 Å². The SMILES string of the molecule is CC(C)(C)OC(=O)N1CC2(CCC(Oc3nccc(Nc4cc(C5CC5)[nH]n4)n3)CC2)C1. The van der Waals surface area contributed by atoms with E-state index in [0.29, 0.717) is 17.7 Å². The second-order valence-electron chi connectivity index (χ2n) is 10.5. The van der Waals surface area contributed by atoms with Crippen molar-refractivity contribution in [3.05, 3.63) is 24.0 Å². The molecular weight excluding hydrogens is 408 g/mol. The van der Waals surface area contributed by atoms with E-state index < -0.39 is 5.60 Å². The smallest absolute Gasteiger partial charge is 0.410 e. The second kappa shape index (κ2) is 7.94. The Hall–Kier alpha value is -2.84. The summed E-state index contributed by atoms with van der Waals surface area (Å²) in [6, 6.07) is 4.24. The van der Waals surface area contributed by atoms with Crippen molar-refractivity contribution in [2.24, 2.45) is 5.41 Å². The number of carbonyl (C=O) groups is 1. The Balaban J connectivity index is 1.10. The van der Waals surface area contributed by atoms with E-state index in [9.17, 15) is 4.79 Å². The van der Waals surface area contributed by atoms with Crippen molar-refractivity contribution in [3.8, 4) is 6.01 Å². The van der Waals surface area contributed by atoms with E-state index in [0.717, 1.165) is 44.6 Å². The fraction of sp³-hybridized carbons (Fsp3) is 0.652. The van der Waals surface area contributed by atoms with Crippen LogP contribution in [0.25, 0.3) is 0 Å². The van der Waals surface area contributed by atoms with Gasteiger partial charge in [0, 0.05) is 42.4 Å². The lowest BCUT2D eigenvalue weighted by molar-refractivity contribution is -0.0614. The maximum absolute atomic E-state index is 12.2. The lowest BCUT2D eigenvalue weighted by Crippen LogP contribution is -2.60. The van der Waals surface area contributed by atoms with Crippen molar-refractivity contribution in [1.82, 2.24) is 25.1 Å². The zero-order valence-electron chi connectivity index (χ0n) is 19.1. The third kappa shape index (κ3) is 4.81. The molecule has 0 unspecified atom stereocenters. The molecule has 2 saturated carbocycles. The number of hydrogen-bond donors (Lipinski definition) is 2. The van der Waals surface area contributed by atoms with Gasteiger partial charge in [0.25, 0.3) is 0 Å². The van der Waals surface area contributed by atoms with Crippen LogP contribution in [0.5, 0.6) is 6.01 Å². The van der Waals surface area contributed by atoms with Crippen LogP contribution in [0.3, 0.4) is 0 Å². The van der Waals surface area contributed by atoms with Crippen molar-refractivity contribution in [3.63, 3.8) is 0 Å². The molecule has 9 nitrogen and oxygen atoms in total. The van der Waals surface area contributed by atoms with E-state index in [-0.39, 0.29) is 17.6 Å². The summed E-state index contributed by atoms with van der Waals surface area (Å²) in [6.07, 6.45) is 8.00. The third-order valence-corrected chi connectivity index (χ3v) is 6.47. The summed E-state index contributed by atoms with van der Waals surface area (Å²) in [7, 11) is 0. The monoisotopic (exact) mass is 440 g/mol. The normalized spacial score (nSPS) is 20.7. The Morgan fingerprint density at radius 1 is 1.19 bits per heavy atom. The zero-order valence-corrected chi connectivity index (χ0v) is 19.1. The van der Waals surface area contributed by atoms with Gasteiger partial charge < -0.3 is 19.7 Å². The Morgan fingerprint density at radius 2 is 1.94 bits per heavy atom. The van der Waals surface area contributed by atoms with Crippen molar-refractivity contribution in [1.29, 1.82) is 0 Å². The summed E-state index contributed by atoms with van der Waals surface area (Å²) in [5.74, 6) is 2.06. The maximum atomic E-state index is 12.2. The zero-order chi connectivity index (χ0) is 22.3. The molecule has 1 aliphatic heterocycles. The molecule has 0 atom stereocenters. The molecule has 2 aliphatic carbocycles. The summed E-state index contributed by atoms with van der Waals surface area (Å²) in [5, 5.41) is 10.6. The molecule has 3 fully saturated rings. The van der Waals surface area contributed by atoms with Gasteiger partial charge in [-0.25, -0.2) is 9.78 Å². The number of amides is 1. The highest BCUT2D eigenvalue weighted by Gasteiger charge is 2.48. The Kier molecular flexibility index (Phi) is 5.22. The Bertz CT molecular complexity index is 964. The van der Waals surface area contributed by atoms with Gasteiger partial charge in [0.2, 0.25) is 0 Å². The van der Waals surface area contributed by atoms with Crippen LogP contribution in [0.1, 0.15) is 70.9 Å². The summed E-state index contributed by atoms with van der Waals surface area (Å²) in [5.41, 5.74) is 0.932. The molecule has 0 radical (unpaired) electrons. The van der Waals surface area contributed by atoms with Crippen molar-refractivity contribution < 1.29 is 14.3 Å². The summed E-state index contributed by atoms with van der Waals surface area (Å²) < 4.78 is 11.6. The van der Waals surface area contributed by atoms with Crippen LogP contribution >= 0.6 is 0 Å². The number of aromatic nitrogens is 4. The molecule has 1 amide bonds. The molecule has 2 N–H and O–H groups in total. The number of anilines is 2. The van der Waals surface area contributed by atoms with Gasteiger partial charge in [-0.3, -0.25) is 5.10 Å². The number of nitrogens with one attached hydrogen (secondary N) is 2. The highest BCUT2D eigenvalue weighted by molar-refractivity contribution is 5.69. The Morgan fingerprint density at radius 3 is 2.62 bits per heavy atom. The van der Waals surface area contributed by atoms with Gasteiger partial charge in [0.1, 0.15) is 17.5 Å². The number of likely N-dealkylation sites (tertiary alicyclic amines) is 1. The fourth-order valence-corrected chi connectivity index (χ4v) is 4.61. The van der Waals surface area contributed by atoms with Gasteiger partial charge in [0.05, 0.1) is 0 Å². The summed E-state index contributed by atoms with van der Waals surface area (Å²) in [4.78, 5) is 22.8. The quantitative estimate of drug-likeness (QED) is 0.711. The minimum absolute atomic E-state index is 0.0957. The van der Waals surface area contributed by atoms with E-state index in [1.54, 1.807) is 6.20 Å². The highest BCUT2D eigenvalue weighted by Crippen LogP contribution is 2.45. The van der Waals surface area contributed by atoms with Crippen molar-refractivity contribution >= 4 is 17.7 Å². The van der Waals surface area contributed by atoms with E-state index in [4.69, 9.17) is 9.47 Å². The first-order valence-corrected chi connectivity index (χ1v) is 11.6. The van der Waals surface area contributed by atoms with Crippen LogP contribution in [-0.4, -0.2) is 56.0 Å². The third-order valence-electron chi connectivity index (χ3n) is 6.47. The average molecular weight is 441 g/mol. The first-order chi connectivity index (χ1) is 15.3. The number of aromatic amines is 1. The first kappa shape index (κ1) is 21.0. The number of nitrogens with zero attached hydrogens (tertiary/aromatic N) is 4. The predicted molar refractivity (Wildman–Crippen MR) is 119 cm³/mol. The molecule has 2 aromatic heterocycles. The highest BCUT2D eigenvalue weighted by atomic mass is 16.6. The lowest BCUT2D eigenvalue weighted by Gasteiger charge is -2.52. The minimum atomic E-state index is -0.453. The number of ether oxygens (including phenoxy) is 2. The number of rotatable bonds is 5.